The number of carbonyl (C=O) groups is 1. The number of ether oxygens (including phenoxy) is 5. The molecule has 7 heteroatoms. The third-order valence-corrected chi connectivity index (χ3v) is 9.52. The number of allylic oxidation sites excluding steroid dienone is 1. The summed E-state index contributed by atoms with van der Waals surface area (Å²) < 4.78 is 30.5. The summed E-state index contributed by atoms with van der Waals surface area (Å²) in [7, 11) is 0. The summed E-state index contributed by atoms with van der Waals surface area (Å²) in [6, 6.07) is 0. The molecule has 3 heterocycles. The number of carbonyl (C=O) groups excluding carboxylic acids is 1. The number of hydrogen-bond donors (Lipinski definition) is 1. The molecule has 8 atom stereocenters. The summed E-state index contributed by atoms with van der Waals surface area (Å²) in [4.78, 5) is 13.9. The molecule has 0 aromatic carbocycles. The average Bonchev–Trinajstić information content (AvgIpc) is 3.17. The summed E-state index contributed by atoms with van der Waals surface area (Å²) in [5.41, 5.74) is -3.26. The van der Waals surface area contributed by atoms with Gasteiger partial charge in [-0.15, -0.1) is 0 Å². The maximum Gasteiger partial charge on any atom is 0.168 e. The van der Waals surface area contributed by atoms with Crippen LogP contribution in [0.5, 0.6) is 0 Å². The van der Waals surface area contributed by atoms with Crippen LogP contribution in [0.15, 0.2) is 12.2 Å². The Kier molecular flexibility index (Phi) is 4.10. The quantitative estimate of drug-likeness (QED) is 0.513. The van der Waals surface area contributed by atoms with Crippen molar-refractivity contribution in [1.29, 1.82) is 0 Å². The van der Waals surface area contributed by atoms with E-state index in [1.165, 1.54) is 0 Å². The highest BCUT2D eigenvalue weighted by molar-refractivity contribution is 5.94. The smallest absolute Gasteiger partial charge is 0.168 e. The van der Waals surface area contributed by atoms with Crippen LogP contribution >= 0.6 is 0 Å². The van der Waals surface area contributed by atoms with Gasteiger partial charge in [0.25, 0.3) is 0 Å². The van der Waals surface area contributed by atoms with E-state index in [-0.39, 0.29) is 35.2 Å². The van der Waals surface area contributed by atoms with E-state index in [0.29, 0.717) is 32.7 Å². The molecule has 5 fully saturated rings. The number of rotatable bonds is 2. The van der Waals surface area contributed by atoms with Crippen LogP contribution in [0.2, 0.25) is 0 Å². The van der Waals surface area contributed by atoms with Gasteiger partial charge in [-0.3, -0.25) is 4.79 Å². The van der Waals surface area contributed by atoms with Crippen molar-refractivity contribution < 1.29 is 33.6 Å². The lowest BCUT2D eigenvalue weighted by Gasteiger charge is -2.52. The molecule has 3 saturated heterocycles. The van der Waals surface area contributed by atoms with Crippen LogP contribution in [-0.2, 0) is 28.5 Å². The standard InChI is InChI=1S/C25H36O7/c1-20(2)11-15-19(26)22(5)8-7-16-14(13-30-21(3,4)31-16)18(22)24(15,27)25(20)17(32-25)12-23(6)28-9-10-29-23/h7-8,14-18,27H,9-13H2,1-6H3/t14-,15-,16+,17-,18+,22-,24+,25+/m1/s1. The largest absolute Gasteiger partial charge is 0.386 e. The van der Waals surface area contributed by atoms with Crippen molar-refractivity contribution >= 4 is 5.78 Å². The van der Waals surface area contributed by atoms with Crippen molar-refractivity contribution in [2.75, 3.05) is 19.8 Å². The Hall–Kier alpha value is -0.830. The third-order valence-electron chi connectivity index (χ3n) is 9.52. The SMILES string of the molecule is CC1(C)OC[C@@H]2[C@H](C=C[C@@]3(C)C(=O)[C@H]4CC(C)(C)[C@]5(O[C@@H]5CC5(C)OCCO5)[C@@]4(O)[C@@H]23)O1. The fourth-order valence-corrected chi connectivity index (χ4v) is 8.24. The zero-order chi connectivity index (χ0) is 22.9. The minimum absolute atomic E-state index is 0.114. The molecule has 0 aromatic rings. The first kappa shape index (κ1) is 21.7. The second-order valence-corrected chi connectivity index (χ2v) is 12.3. The molecule has 0 radical (unpaired) electrons. The molecule has 178 valence electrons. The normalized spacial score (nSPS) is 53.8. The van der Waals surface area contributed by atoms with Crippen LogP contribution in [0.3, 0.4) is 0 Å². The molecular weight excluding hydrogens is 412 g/mol. The fourth-order valence-electron chi connectivity index (χ4n) is 8.24. The van der Waals surface area contributed by atoms with Gasteiger partial charge in [0.15, 0.2) is 11.6 Å². The maximum atomic E-state index is 13.9. The van der Waals surface area contributed by atoms with Gasteiger partial charge in [0.2, 0.25) is 0 Å². The Morgan fingerprint density at radius 3 is 2.41 bits per heavy atom. The lowest BCUT2D eigenvalue weighted by molar-refractivity contribution is -0.302. The van der Waals surface area contributed by atoms with Crippen LogP contribution in [-0.4, -0.2) is 65.7 Å². The van der Waals surface area contributed by atoms with Crippen LogP contribution < -0.4 is 0 Å². The minimum Gasteiger partial charge on any atom is -0.386 e. The highest BCUT2D eigenvalue weighted by Gasteiger charge is 2.89. The van der Waals surface area contributed by atoms with Gasteiger partial charge in [-0.2, -0.15) is 0 Å². The second-order valence-electron chi connectivity index (χ2n) is 12.3. The minimum atomic E-state index is -1.30. The van der Waals surface area contributed by atoms with Crippen molar-refractivity contribution in [3.8, 4) is 0 Å². The first-order chi connectivity index (χ1) is 14.8. The monoisotopic (exact) mass is 448 g/mol. The van der Waals surface area contributed by atoms with Crippen LogP contribution in [0.4, 0.5) is 0 Å². The van der Waals surface area contributed by atoms with Crippen LogP contribution in [0, 0.1) is 28.6 Å². The number of epoxide rings is 1. The lowest BCUT2D eigenvalue weighted by atomic mass is 9.58. The molecule has 0 bridgehead atoms. The molecular formula is C25H36O7. The molecule has 2 saturated carbocycles. The zero-order valence-electron chi connectivity index (χ0n) is 20.0. The summed E-state index contributed by atoms with van der Waals surface area (Å²) in [5.74, 6) is -2.25. The van der Waals surface area contributed by atoms with E-state index in [0.717, 1.165) is 0 Å². The van der Waals surface area contributed by atoms with Crippen molar-refractivity contribution in [2.24, 2.45) is 28.6 Å². The van der Waals surface area contributed by atoms with Gasteiger partial charge in [-0.1, -0.05) is 26.0 Å². The molecule has 1 N–H and O–H groups in total. The number of Topliss-reactive ketones (excluding diaryl/α,β-unsaturated/α-hetero) is 1. The Morgan fingerprint density at radius 2 is 1.72 bits per heavy atom. The average molecular weight is 449 g/mol. The van der Waals surface area contributed by atoms with Crippen LogP contribution in [0.1, 0.15) is 54.4 Å². The molecule has 1 spiro atoms. The van der Waals surface area contributed by atoms with Gasteiger partial charge < -0.3 is 28.8 Å². The predicted octanol–water partition coefficient (Wildman–Crippen LogP) is 2.60. The molecule has 0 amide bonds. The molecule has 6 aliphatic rings. The van der Waals surface area contributed by atoms with Gasteiger partial charge in [0.05, 0.1) is 43.4 Å². The lowest BCUT2D eigenvalue weighted by Crippen LogP contribution is -2.62. The van der Waals surface area contributed by atoms with Crippen molar-refractivity contribution in [1.82, 2.24) is 0 Å². The first-order valence-electron chi connectivity index (χ1n) is 12.0. The first-order valence-corrected chi connectivity index (χ1v) is 12.0. The Labute approximate surface area is 189 Å². The van der Waals surface area contributed by atoms with E-state index in [9.17, 15) is 9.90 Å². The van der Waals surface area contributed by atoms with E-state index in [2.05, 4.69) is 13.8 Å². The van der Waals surface area contributed by atoms with Crippen molar-refractivity contribution in [3.63, 3.8) is 0 Å². The topological polar surface area (TPSA) is 86.8 Å². The molecule has 6 rings (SSSR count). The number of ketones is 1. The van der Waals surface area contributed by atoms with Gasteiger partial charge in [-0.25, -0.2) is 0 Å². The van der Waals surface area contributed by atoms with E-state index in [1.807, 2.05) is 39.8 Å². The number of hydrogen-bond acceptors (Lipinski definition) is 7. The van der Waals surface area contributed by atoms with Gasteiger partial charge in [-0.05, 0) is 34.1 Å². The zero-order valence-corrected chi connectivity index (χ0v) is 20.0. The highest BCUT2D eigenvalue weighted by Crippen LogP contribution is 2.76. The summed E-state index contributed by atoms with van der Waals surface area (Å²) >= 11 is 0. The van der Waals surface area contributed by atoms with E-state index in [4.69, 9.17) is 23.7 Å². The van der Waals surface area contributed by atoms with Crippen LogP contribution in [0.25, 0.3) is 0 Å². The molecule has 3 aliphatic carbocycles. The van der Waals surface area contributed by atoms with Gasteiger partial charge in [0.1, 0.15) is 17.0 Å². The van der Waals surface area contributed by atoms with Crippen molar-refractivity contribution in [2.45, 2.75) is 89.4 Å². The maximum absolute atomic E-state index is 13.9. The highest BCUT2D eigenvalue weighted by atomic mass is 16.7. The second kappa shape index (κ2) is 6.04. The molecule has 0 aromatic heterocycles. The summed E-state index contributed by atoms with van der Waals surface area (Å²) in [6.45, 7) is 13.5. The molecule has 7 nitrogen and oxygen atoms in total. The van der Waals surface area contributed by atoms with E-state index in [1.54, 1.807) is 0 Å². The third kappa shape index (κ3) is 2.40. The Balaban J connectivity index is 1.43. The summed E-state index contributed by atoms with van der Waals surface area (Å²) in [6.07, 6.45) is 4.69. The number of aliphatic hydroxyl groups is 1. The van der Waals surface area contributed by atoms with Gasteiger partial charge >= 0.3 is 0 Å². The molecule has 3 aliphatic heterocycles. The Bertz CT molecular complexity index is 889. The van der Waals surface area contributed by atoms with E-state index < -0.39 is 34.1 Å². The predicted molar refractivity (Wildman–Crippen MR) is 114 cm³/mol. The molecule has 0 unspecified atom stereocenters. The Morgan fingerprint density at radius 1 is 1.03 bits per heavy atom. The van der Waals surface area contributed by atoms with Gasteiger partial charge in [0, 0.05) is 23.7 Å². The van der Waals surface area contributed by atoms with E-state index >= 15 is 0 Å². The van der Waals surface area contributed by atoms with Crippen molar-refractivity contribution in [3.05, 3.63) is 12.2 Å². The summed E-state index contributed by atoms with van der Waals surface area (Å²) in [5, 5.41) is 12.7. The number of fused-ring (bicyclic) bond motifs is 6. The molecule has 32 heavy (non-hydrogen) atoms. The fraction of sp³-hybridized carbons (Fsp3) is 0.880.